The number of para-hydroxylation sites is 1. The third kappa shape index (κ3) is 4.45. The van der Waals surface area contributed by atoms with Crippen molar-refractivity contribution in [2.75, 3.05) is 18.8 Å². The molecule has 0 aliphatic carbocycles. The van der Waals surface area contributed by atoms with Crippen molar-refractivity contribution < 1.29 is 28.5 Å². The van der Waals surface area contributed by atoms with Gasteiger partial charge in [0.2, 0.25) is 6.79 Å². The van der Waals surface area contributed by atoms with Gasteiger partial charge in [0.15, 0.2) is 23.0 Å². The van der Waals surface area contributed by atoms with Gasteiger partial charge in [0, 0.05) is 0 Å². The first kappa shape index (κ1) is 22.6. The Kier molecular flexibility index (Phi) is 6.38. The van der Waals surface area contributed by atoms with E-state index in [2.05, 4.69) is 22.6 Å². The largest absolute Gasteiger partial charge is 0.493 e. The number of nitrogens with zero attached hydrogens (tertiary/aromatic N) is 1. The van der Waals surface area contributed by atoms with Crippen LogP contribution in [0, 0.1) is 3.57 Å². The fourth-order valence-corrected chi connectivity index (χ4v) is 5.19. The molecular formula is C25H18INO6S. The molecule has 1 fully saturated rings. The van der Waals surface area contributed by atoms with Crippen molar-refractivity contribution in [3.05, 3.63) is 80.3 Å². The molecule has 2 amide bonds. The van der Waals surface area contributed by atoms with E-state index in [1.165, 1.54) is 4.90 Å². The summed E-state index contributed by atoms with van der Waals surface area (Å²) in [6.07, 6.45) is 1.69. The zero-order valence-electron chi connectivity index (χ0n) is 17.9. The number of carbonyl (C=O) groups is 2. The number of anilines is 1. The van der Waals surface area contributed by atoms with Crippen LogP contribution in [0.2, 0.25) is 0 Å². The van der Waals surface area contributed by atoms with Gasteiger partial charge in [0.1, 0.15) is 6.61 Å². The lowest BCUT2D eigenvalue weighted by Crippen LogP contribution is -2.27. The van der Waals surface area contributed by atoms with E-state index in [-0.39, 0.29) is 17.9 Å². The minimum Gasteiger partial charge on any atom is -0.493 e. The summed E-state index contributed by atoms with van der Waals surface area (Å²) in [6, 6.07) is 18.2. The Morgan fingerprint density at radius 3 is 2.65 bits per heavy atom. The van der Waals surface area contributed by atoms with Crippen LogP contribution >= 0.6 is 34.4 Å². The van der Waals surface area contributed by atoms with Gasteiger partial charge < -0.3 is 18.9 Å². The van der Waals surface area contributed by atoms with Crippen molar-refractivity contribution >= 4 is 57.3 Å². The summed E-state index contributed by atoms with van der Waals surface area (Å²) < 4.78 is 23.2. The molecule has 2 aliphatic heterocycles. The minimum absolute atomic E-state index is 0.220. The summed E-state index contributed by atoms with van der Waals surface area (Å²) in [7, 11) is 1.56. The maximum Gasteiger partial charge on any atom is 0.298 e. The molecule has 0 unspecified atom stereocenters. The number of methoxy groups -OCH3 is 1. The van der Waals surface area contributed by atoms with Gasteiger partial charge in [-0.3, -0.25) is 9.59 Å². The normalized spacial score (nSPS) is 15.8. The summed E-state index contributed by atoms with van der Waals surface area (Å²) in [5.41, 5.74) is 2.21. The highest BCUT2D eigenvalue weighted by Crippen LogP contribution is 2.39. The fraction of sp³-hybridized carbons (Fsp3) is 0.120. The number of halogens is 1. The number of hydrogen-bond acceptors (Lipinski definition) is 7. The number of hydrogen-bond donors (Lipinski definition) is 0. The molecule has 0 saturated carbocycles. The predicted molar refractivity (Wildman–Crippen MR) is 137 cm³/mol. The molecule has 0 atom stereocenters. The Morgan fingerprint density at radius 1 is 1.06 bits per heavy atom. The third-order valence-corrected chi connectivity index (χ3v) is 6.85. The van der Waals surface area contributed by atoms with Crippen molar-refractivity contribution in [2.24, 2.45) is 0 Å². The van der Waals surface area contributed by atoms with Crippen LogP contribution in [0.25, 0.3) is 6.08 Å². The van der Waals surface area contributed by atoms with E-state index in [0.29, 0.717) is 34.4 Å². The zero-order chi connectivity index (χ0) is 23.7. The molecule has 3 aromatic rings. The van der Waals surface area contributed by atoms with Crippen molar-refractivity contribution in [3.63, 3.8) is 0 Å². The number of carbonyl (C=O) groups excluding carboxylic acids is 2. The first-order chi connectivity index (χ1) is 16.5. The summed E-state index contributed by atoms with van der Waals surface area (Å²) in [4.78, 5) is 26.9. The summed E-state index contributed by atoms with van der Waals surface area (Å²) in [5.74, 6) is 2.19. The van der Waals surface area contributed by atoms with E-state index in [1.54, 1.807) is 43.5 Å². The topological polar surface area (TPSA) is 74.3 Å². The smallest absolute Gasteiger partial charge is 0.298 e. The van der Waals surface area contributed by atoms with Gasteiger partial charge in [-0.15, -0.1) is 0 Å². The summed E-state index contributed by atoms with van der Waals surface area (Å²) in [6.45, 7) is 0.538. The van der Waals surface area contributed by atoms with E-state index >= 15 is 0 Å². The van der Waals surface area contributed by atoms with Crippen LogP contribution in [0.15, 0.2) is 65.6 Å². The zero-order valence-corrected chi connectivity index (χ0v) is 20.9. The maximum absolute atomic E-state index is 12.9. The molecule has 0 N–H and O–H groups in total. The Bertz CT molecular complexity index is 1310. The first-order valence-corrected chi connectivity index (χ1v) is 12.1. The Morgan fingerprint density at radius 2 is 1.85 bits per heavy atom. The molecule has 0 bridgehead atoms. The number of fused-ring (bicyclic) bond motifs is 1. The van der Waals surface area contributed by atoms with E-state index < -0.39 is 0 Å². The lowest BCUT2D eigenvalue weighted by molar-refractivity contribution is -0.113. The molecule has 0 radical (unpaired) electrons. The van der Waals surface area contributed by atoms with Crippen LogP contribution in [0.3, 0.4) is 0 Å². The molecule has 7 nitrogen and oxygen atoms in total. The Labute approximate surface area is 213 Å². The first-order valence-electron chi connectivity index (χ1n) is 10.3. The van der Waals surface area contributed by atoms with Crippen molar-refractivity contribution in [2.45, 2.75) is 6.61 Å². The molecule has 2 aliphatic rings. The van der Waals surface area contributed by atoms with Gasteiger partial charge >= 0.3 is 0 Å². The van der Waals surface area contributed by atoms with E-state index in [1.807, 2.05) is 30.3 Å². The molecule has 0 aromatic heterocycles. The quantitative estimate of drug-likeness (QED) is 0.265. The molecule has 3 aromatic carbocycles. The van der Waals surface area contributed by atoms with Crippen LogP contribution < -0.4 is 23.8 Å². The molecule has 172 valence electrons. The number of rotatable bonds is 6. The maximum atomic E-state index is 12.9. The summed E-state index contributed by atoms with van der Waals surface area (Å²) >= 11 is 3.08. The van der Waals surface area contributed by atoms with E-state index in [9.17, 15) is 9.59 Å². The van der Waals surface area contributed by atoms with Gasteiger partial charge in [-0.2, -0.15) is 0 Å². The molecule has 2 heterocycles. The van der Waals surface area contributed by atoms with Crippen molar-refractivity contribution in [3.8, 4) is 23.0 Å². The van der Waals surface area contributed by atoms with E-state index in [4.69, 9.17) is 18.9 Å². The monoisotopic (exact) mass is 587 g/mol. The molecule has 5 rings (SSSR count). The molecule has 9 heteroatoms. The molecule has 1 saturated heterocycles. The second kappa shape index (κ2) is 9.59. The average Bonchev–Trinajstić information content (AvgIpc) is 3.41. The average molecular weight is 587 g/mol. The Balaban J connectivity index is 1.37. The van der Waals surface area contributed by atoms with Gasteiger partial charge in [0.25, 0.3) is 11.1 Å². The highest BCUT2D eigenvalue weighted by molar-refractivity contribution is 14.1. The van der Waals surface area contributed by atoms with Crippen molar-refractivity contribution in [1.82, 2.24) is 0 Å². The number of ether oxygens (including phenoxy) is 4. The highest BCUT2D eigenvalue weighted by Gasteiger charge is 2.36. The predicted octanol–water partition coefficient (Wildman–Crippen LogP) is 5.85. The number of thioether (sulfide) groups is 1. The van der Waals surface area contributed by atoms with Gasteiger partial charge in [-0.1, -0.05) is 24.3 Å². The summed E-state index contributed by atoms with van der Waals surface area (Å²) in [5, 5.41) is -0.326. The number of amides is 2. The van der Waals surface area contributed by atoms with Gasteiger partial charge in [-0.25, -0.2) is 4.90 Å². The second-order valence-electron chi connectivity index (χ2n) is 7.36. The lowest BCUT2D eigenvalue weighted by Gasteiger charge is -2.14. The number of imide groups is 1. The van der Waals surface area contributed by atoms with Gasteiger partial charge in [0.05, 0.1) is 21.3 Å². The highest BCUT2D eigenvalue weighted by atomic mass is 127. The second-order valence-corrected chi connectivity index (χ2v) is 9.52. The molecule has 0 spiro atoms. The Hall–Kier alpha value is -3.18. The molecular weight excluding hydrogens is 569 g/mol. The van der Waals surface area contributed by atoms with Crippen LogP contribution in [0.5, 0.6) is 23.0 Å². The standard InChI is InChI=1S/C25H18INO6S/c1-30-21-11-16(12-22-24(28)27(25(29)34-22)17-5-3-2-4-6-17)9-18(26)23(21)31-13-15-7-8-19-20(10-15)33-14-32-19/h2-12H,13-14H2,1H3/b22-12-. The van der Waals surface area contributed by atoms with Crippen LogP contribution in [-0.4, -0.2) is 25.0 Å². The third-order valence-electron chi connectivity index (χ3n) is 5.18. The number of benzene rings is 3. The van der Waals surface area contributed by atoms with Gasteiger partial charge in [-0.05, 0) is 88.0 Å². The lowest BCUT2D eigenvalue weighted by atomic mass is 10.1. The van der Waals surface area contributed by atoms with Crippen LogP contribution in [0.4, 0.5) is 10.5 Å². The molecule has 34 heavy (non-hydrogen) atoms. The van der Waals surface area contributed by atoms with Crippen LogP contribution in [0.1, 0.15) is 11.1 Å². The van der Waals surface area contributed by atoms with Crippen LogP contribution in [-0.2, 0) is 11.4 Å². The SMILES string of the molecule is COc1cc(/C=C2\SC(=O)N(c3ccccc3)C2=O)cc(I)c1OCc1ccc2c(c1)OCO2. The van der Waals surface area contributed by atoms with E-state index in [0.717, 1.165) is 32.2 Å². The van der Waals surface area contributed by atoms with Crippen molar-refractivity contribution in [1.29, 1.82) is 0 Å². The fourth-order valence-electron chi connectivity index (χ4n) is 3.57. The minimum atomic E-state index is -0.349.